The summed E-state index contributed by atoms with van der Waals surface area (Å²) in [6.07, 6.45) is 1.78. The summed E-state index contributed by atoms with van der Waals surface area (Å²) in [5.41, 5.74) is 1.16. The quantitative estimate of drug-likeness (QED) is 0.745. The maximum Gasteiger partial charge on any atom is 0.252 e. The molecule has 3 heterocycles. The van der Waals surface area contributed by atoms with Crippen LogP contribution in [0, 0.1) is 0 Å². The van der Waals surface area contributed by atoms with Crippen molar-refractivity contribution in [1.82, 2.24) is 9.21 Å². The van der Waals surface area contributed by atoms with Gasteiger partial charge in [-0.1, -0.05) is 34.1 Å². The van der Waals surface area contributed by atoms with Gasteiger partial charge in [-0.05, 0) is 48.5 Å². The first-order valence-electron chi connectivity index (χ1n) is 9.18. The van der Waals surface area contributed by atoms with E-state index < -0.39 is 10.0 Å². The average molecular weight is 471 g/mol. The number of nitrogens with zero attached hydrogens (tertiary/aromatic N) is 2. The van der Waals surface area contributed by atoms with Crippen molar-refractivity contribution in [2.75, 3.05) is 26.2 Å². The summed E-state index contributed by atoms with van der Waals surface area (Å²) in [6, 6.07) is 11.8. The van der Waals surface area contributed by atoms with E-state index in [1.54, 1.807) is 21.8 Å². The van der Waals surface area contributed by atoms with Gasteiger partial charge in [-0.25, -0.2) is 8.42 Å². The van der Waals surface area contributed by atoms with Gasteiger partial charge >= 0.3 is 0 Å². The van der Waals surface area contributed by atoms with E-state index in [0.717, 1.165) is 29.4 Å². The predicted octanol–water partition coefficient (Wildman–Crippen LogP) is 3.12. The lowest BCUT2D eigenvalue weighted by Gasteiger charge is -2.57. The van der Waals surface area contributed by atoms with Gasteiger partial charge in [-0.15, -0.1) is 11.3 Å². The Morgan fingerprint density at radius 1 is 1.15 bits per heavy atom. The second kappa shape index (κ2) is 7.93. The van der Waals surface area contributed by atoms with E-state index in [2.05, 4.69) is 33.0 Å². The molecule has 0 unspecified atom stereocenters. The molecule has 2 fully saturated rings. The number of aliphatic hydroxyl groups excluding tert-OH is 1. The first-order chi connectivity index (χ1) is 13.0. The SMILES string of the molecule is O=S(=O)(c1cccs1)N1CCCCN2[C@@H](CO)[C@H](c3ccc(Br)cc3)[C@@H]2C1. The Labute approximate surface area is 172 Å². The zero-order valence-corrected chi connectivity index (χ0v) is 18.1. The lowest BCUT2D eigenvalue weighted by molar-refractivity contribution is -0.0553. The topological polar surface area (TPSA) is 60.9 Å². The van der Waals surface area contributed by atoms with Crippen molar-refractivity contribution in [3.63, 3.8) is 0 Å². The monoisotopic (exact) mass is 470 g/mol. The normalized spacial score (nSPS) is 27.4. The Morgan fingerprint density at radius 3 is 2.56 bits per heavy atom. The molecule has 2 aliphatic heterocycles. The molecule has 1 aromatic heterocycles. The van der Waals surface area contributed by atoms with Crippen molar-refractivity contribution in [1.29, 1.82) is 0 Å². The fourth-order valence-electron chi connectivity index (χ4n) is 4.35. The van der Waals surface area contributed by atoms with Crippen molar-refractivity contribution in [3.8, 4) is 0 Å². The molecule has 0 radical (unpaired) electrons. The summed E-state index contributed by atoms with van der Waals surface area (Å²) in [5, 5.41) is 11.8. The smallest absolute Gasteiger partial charge is 0.252 e. The van der Waals surface area contributed by atoms with Gasteiger partial charge in [0.1, 0.15) is 4.21 Å². The molecule has 8 heteroatoms. The van der Waals surface area contributed by atoms with Crippen LogP contribution in [0.25, 0.3) is 0 Å². The van der Waals surface area contributed by atoms with Crippen LogP contribution in [0.5, 0.6) is 0 Å². The summed E-state index contributed by atoms with van der Waals surface area (Å²) >= 11 is 4.74. The molecular formula is C19H23BrN2O3S2. The van der Waals surface area contributed by atoms with Crippen LogP contribution in [0.1, 0.15) is 24.3 Å². The van der Waals surface area contributed by atoms with E-state index in [9.17, 15) is 13.5 Å². The summed E-state index contributed by atoms with van der Waals surface area (Å²) < 4.78 is 29.3. The molecule has 2 aliphatic rings. The number of aliphatic hydroxyl groups is 1. The van der Waals surface area contributed by atoms with Crippen molar-refractivity contribution in [3.05, 3.63) is 51.8 Å². The molecule has 1 aromatic carbocycles. The summed E-state index contributed by atoms with van der Waals surface area (Å²) in [5.74, 6) is 0.141. The molecule has 0 spiro atoms. The maximum atomic E-state index is 13.1. The number of hydrogen-bond acceptors (Lipinski definition) is 5. The molecule has 0 saturated carbocycles. The molecule has 2 aromatic rings. The van der Waals surface area contributed by atoms with Gasteiger partial charge in [0, 0.05) is 35.6 Å². The Hall–Kier alpha value is -0.770. The Kier molecular flexibility index (Phi) is 5.74. The van der Waals surface area contributed by atoms with E-state index in [0.29, 0.717) is 17.3 Å². The van der Waals surface area contributed by atoms with Gasteiger partial charge in [-0.2, -0.15) is 4.31 Å². The molecule has 0 aliphatic carbocycles. The second-order valence-electron chi connectivity index (χ2n) is 7.13. The molecular weight excluding hydrogens is 448 g/mol. The Balaban J connectivity index is 1.63. The first-order valence-corrected chi connectivity index (χ1v) is 12.3. The molecule has 146 valence electrons. The third-order valence-corrected chi connectivity index (χ3v) is 9.44. The molecule has 0 amide bonds. The van der Waals surface area contributed by atoms with Crippen molar-refractivity contribution in [2.24, 2.45) is 0 Å². The van der Waals surface area contributed by atoms with Gasteiger partial charge < -0.3 is 5.11 Å². The number of thiophene rings is 1. The minimum atomic E-state index is -3.46. The lowest BCUT2D eigenvalue weighted by Crippen LogP contribution is -2.67. The average Bonchev–Trinajstić information content (AvgIpc) is 3.17. The van der Waals surface area contributed by atoms with Crippen LogP contribution in [0.2, 0.25) is 0 Å². The van der Waals surface area contributed by atoms with Gasteiger partial charge in [0.2, 0.25) is 0 Å². The minimum absolute atomic E-state index is 0.0561. The predicted molar refractivity (Wildman–Crippen MR) is 111 cm³/mol. The van der Waals surface area contributed by atoms with E-state index in [4.69, 9.17) is 0 Å². The van der Waals surface area contributed by atoms with Crippen molar-refractivity contribution >= 4 is 37.3 Å². The minimum Gasteiger partial charge on any atom is -0.395 e. The molecule has 27 heavy (non-hydrogen) atoms. The zero-order valence-electron chi connectivity index (χ0n) is 14.9. The number of fused-ring (bicyclic) bond motifs is 1. The van der Waals surface area contributed by atoms with Gasteiger partial charge in [0.05, 0.1) is 6.61 Å². The summed E-state index contributed by atoms with van der Waals surface area (Å²) in [4.78, 5) is 2.29. The van der Waals surface area contributed by atoms with Gasteiger partial charge in [-0.3, -0.25) is 4.90 Å². The standard InChI is InChI=1S/C19H23BrN2O3S2/c20-15-7-5-14(6-8-15)19-16-12-21(27(24,25)18-4-3-11-26-18)9-1-2-10-22(16)17(19)13-23/h3-8,11,16-17,19,23H,1-2,9-10,12-13H2/t16-,17-,19+/m0/s1. The number of halogens is 1. The highest BCUT2D eigenvalue weighted by Gasteiger charge is 2.50. The summed E-state index contributed by atoms with van der Waals surface area (Å²) in [6.45, 7) is 2.03. The first kappa shape index (κ1) is 19.5. The van der Waals surface area contributed by atoms with E-state index in [1.807, 2.05) is 12.1 Å². The van der Waals surface area contributed by atoms with Crippen LogP contribution in [0.15, 0.2) is 50.5 Å². The fourth-order valence-corrected chi connectivity index (χ4v) is 7.26. The number of benzene rings is 1. The number of sulfonamides is 1. The van der Waals surface area contributed by atoms with E-state index >= 15 is 0 Å². The largest absolute Gasteiger partial charge is 0.395 e. The van der Waals surface area contributed by atoms with E-state index in [1.165, 1.54) is 11.3 Å². The highest BCUT2D eigenvalue weighted by atomic mass is 79.9. The summed E-state index contributed by atoms with van der Waals surface area (Å²) in [7, 11) is -3.46. The molecule has 1 N–H and O–H groups in total. The van der Waals surface area contributed by atoms with Crippen LogP contribution >= 0.6 is 27.3 Å². The van der Waals surface area contributed by atoms with Crippen LogP contribution in [0.4, 0.5) is 0 Å². The van der Waals surface area contributed by atoms with Crippen LogP contribution in [-0.4, -0.2) is 61.1 Å². The Morgan fingerprint density at radius 2 is 1.89 bits per heavy atom. The fraction of sp³-hybridized carbons (Fsp3) is 0.474. The third-order valence-electron chi connectivity index (χ3n) is 5.68. The molecule has 5 nitrogen and oxygen atoms in total. The highest BCUT2D eigenvalue weighted by Crippen LogP contribution is 2.42. The van der Waals surface area contributed by atoms with Crippen LogP contribution in [0.3, 0.4) is 0 Å². The lowest BCUT2D eigenvalue weighted by atomic mass is 9.74. The molecule has 4 rings (SSSR count). The third kappa shape index (κ3) is 3.63. The Bertz CT molecular complexity index is 871. The van der Waals surface area contributed by atoms with Crippen molar-refractivity contribution in [2.45, 2.75) is 35.1 Å². The second-order valence-corrected chi connectivity index (χ2v) is 11.2. The number of hydrogen-bond donors (Lipinski definition) is 1. The molecule has 2 saturated heterocycles. The molecule has 0 bridgehead atoms. The zero-order chi connectivity index (χ0) is 19.0. The van der Waals surface area contributed by atoms with Crippen molar-refractivity contribution < 1.29 is 13.5 Å². The maximum absolute atomic E-state index is 13.1. The van der Waals surface area contributed by atoms with Gasteiger partial charge in [0.25, 0.3) is 10.0 Å². The van der Waals surface area contributed by atoms with Gasteiger partial charge in [0.15, 0.2) is 0 Å². The van der Waals surface area contributed by atoms with E-state index in [-0.39, 0.29) is 24.6 Å². The van der Waals surface area contributed by atoms with Crippen LogP contribution < -0.4 is 0 Å². The number of rotatable bonds is 4. The van der Waals surface area contributed by atoms with Crippen LogP contribution in [-0.2, 0) is 10.0 Å². The highest BCUT2D eigenvalue weighted by molar-refractivity contribution is 9.10. The molecule has 3 atom stereocenters.